The Hall–Kier alpha value is -1.02. The molecule has 100 valence electrons. The first-order chi connectivity index (χ1) is 8.32. The molecular formula is C9H8ClF3N2O2S. The zero-order valence-electron chi connectivity index (χ0n) is 9.12. The second kappa shape index (κ2) is 6.24. The molecule has 1 heterocycles. The van der Waals surface area contributed by atoms with Crippen LogP contribution in [0.4, 0.5) is 13.2 Å². The molecule has 0 spiro atoms. The number of rotatable bonds is 4. The topological polar surface area (TPSA) is 52.1 Å². The number of hydrogen-bond donors (Lipinski definition) is 0. The van der Waals surface area contributed by atoms with Gasteiger partial charge in [-0.15, -0.1) is 11.8 Å². The van der Waals surface area contributed by atoms with Crippen molar-refractivity contribution in [3.8, 4) is 0 Å². The Labute approximate surface area is 110 Å². The van der Waals surface area contributed by atoms with E-state index in [4.69, 9.17) is 11.6 Å². The van der Waals surface area contributed by atoms with Crippen LogP contribution in [0, 0.1) is 0 Å². The van der Waals surface area contributed by atoms with E-state index in [9.17, 15) is 18.0 Å². The van der Waals surface area contributed by atoms with Gasteiger partial charge in [0.25, 0.3) is 0 Å². The highest BCUT2D eigenvalue weighted by molar-refractivity contribution is 7.99. The van der Waals surface area contributed by atoms with Gasteiger partial charge in [0.15, 0.2) is 5.69 Å². The van der Waals surface area contributed by atoms with Gasteiger partial charge in [-0.25, -0.2) is 9.97 Å². The van der Waals surface area contributed by atoms with Crippen LogP contribution < -0.4 is 0 Å². The fourth-order valence-electron chi connectivity index (χ4n) is 0.957. The van der Waals surface area contributed by atoms with E-state index >= 15 is 0 Å². The minimum atomic E-state index is -4.58. The van der Waals surface area contributed by atoms with Crippen molar-refractivity contribution in [2.45, 2.75) is 17.6 Å². The molecule has 1 aromatic heterocycles. The molecule has 0 bridgehead atoms. The lowest BCUT2D eigenvalue weighted by Crippen LogP contribution is -2.09. The van der Waals surface area contributed by atoms with E-state index in [2.05, 4.69) is 14.7 Å². The number of carbonyl (C=O) groups excluding carboxylic acids is 1. The van der Waals surface area contributed by atoms with Gasteiger partial charge in [0.1, 0.15) is 5.03 Å². The summed E-state index contributed by atoms with van der Waals surface area (Å²) in [6.45, 7) is 0. The highest BCUT2D eigenvalue weighted by atomic mass is 35.5. The quantitative estimate of drug-likeness (QED) is 0.370. The molecule has 0 unspecified atom stereocenters. The Kier molecular flexibility index (Phi) is 5.21. The van der Waals surface area contributed by atoms with E-state index in [1.54, 1.807) is 0 Å². The minimum Gasteiger partial charge on any atom is -0.469 e. The van der Waals surface area contributed by atoms with Crippen molar-refractivity contribution >= 4 is 29.3 Å². The summed E-state index contributed by atoms with van der Waals surface area (Å²) >= 11 is 6.37. The van der Waals surface area contributed by atoms with Gasteiger partial charge in [0, 0.05) is 11.8 Å². The minimum absolute atomic E-state index is 0.0613. The van der Waals surface area contributed by atoms with Crippen molar-refractivity contribution in [3.63, 3.8) is 0 Å². The van der Waals surface area contributed by atoms with Crippen molar-refractivity contribution in [2.24, 2.45) is 0 Å². The van der Waals surface area contributed by atoms with Gasteiger partial charge >= 0.3 is 12.1 Å². The Morgan fingerprint density at radius 1 is 1.50 bits per heavy atom. The molecule has 0 atom stereocenters. The summed E-state index contributed by atoms with van der Waals surface area (Å²) in [5.41, 5.74) is -1.11. The van der Waals surface area contributed by atoms with E-state index < -0.39 is 23.1 Å². The number of thioether (sulfide) groups is 1. The van der Waals surface area contributed by atoms with Crippen LogP contribution >= 0.6 is 23.4 Å². The van der Waals surface area contributed by atoms with Gasteiger partial charge in [0.2, 0.25) is 5.28 Å². The lowest BCUT2D eigenvalue weighted by molar-refractivity contribution is -0.141. The summed E-state index contributed by atoms with van der Waals surface area (Å²) < 4.78 is 41.7. The van der Waals surface area contributed by atoms with Crippen molar-refractivity contribution < 1.29 is 22.7 Å². The number of esters is 1. The molecular weight excluding hydrogens is 293 g/mol. The van der Waals surface area contributed by atoms with Gasteiger partial charge in [-0.05, 0) is 11.6 Å². The summed E-state index contributed by atoms with van der Waals surface area (Å²) in [5.74, 6) is -0.198. The van der Waals surface area contributed by atoms with Gasteiger partial charge < -0.3 is 4.74 Å². The van der Waals surface area contributed by atoms with Crippen LogP contribution in [0.25, 0.3) is 0 Å². The van der Waals surface area contributed by atoms with Crippen LogP contribution in [0.5, 0.6) is 0 Å². The molecule has 0 amide bonds. The third-order valence-corrected chi connectivity index (χ3v) is 2.83. The van der Waals surface area contributed by atoms with Gasteiger partial charge in [-0.1, -0.05) is 0 Å². The molecule has 0 fully saturated rings. The molecule has 0 aliphatic rings. The fourth-order valence-corrected chi connectivity index (χ4v) is 2.01. The monoisotopic (exact) mass is 300 g/mol. The number of carbonyl (C=O) groups is 1. The lowest BCUT2D eigenvalue weighted by Gasteiger charge is -2.07. The molecule has 0 aliphatic heterocycles. The van der Waals surface area contributed by atoms with Crippen LogP contribution in [0.2, 0.25) is 5.28 Å². The molecule has 0 radical (unpaired) electrons. The molecule has 0 N–H and O–H groups in total. The maximum absolute atomic E-state index is 12.4. The van der Waals surface area contributed by atoms with Gasteiger partial charge in [-0.3, -0.25) is 4.79 Å². The number of methoxy groups -OCH3 is 1. The zero-order chi connectivity index (χ0) is 13.8. The molecule has 1 aromatic rings. The van der Waals surface area contributed by atoms with Crippen molar-refractivity contribution in [1.29, 1.82) is 0 Å². The van der Waals surface area contributed by atoms with Gasteiger partial charge in [-0.2, -0.15) is 13.2 Å². The Balaban J connectivity index is 2.72. The zero-order valence-corrected chi connectivity index (χ0v) is 10.7. The summed E-state index contributed by atoms with van der Waals surface area (Å²) in [6, 6.07) is 0.786. The second-order valence-corrected chi connectivity index (χ2v) is 4.49. The Bertz CT molecular complexity index is 442. The third-order valence-electron chi connectivity index (χ3n) is 1.75. The molecule has 0 saturated heterocycles. The number of ether oxygens (including phenoxy) is 1. The van der Waals surface area contributed by atoms with Crippen LogP contribution in [0.15, 0.2) is 11.1 Å². The molecule has 4 nitrogen and oxygen atoms in total. The fraction of sp³-hybridized carbons (Fsp3) is 0.444. The largest absolute Gasteiger partial charge is 0.469 e. The molecule has 18 heavy (non-hydrogen) atoms. The van der Waals surface area contributed by atoms with Crippen LogP contribution in [-0.4, -0.2) is 28.8 Å². The molecule has 1 rings (SSSR count). The van der Waals surface area contributed by atoms with E-state index in [-0.39, 0.29) is 17.2 Å². The first-order valence-electron chi connectivity index (χ1n) is 4.64. The SMILES string of the molecule is COC(=O)CCSc1cc(C(F)(F)F)nc(Cl)n1. The van der Waals surface area contributed by atoms with Crippen molar-refractivity contribution in [2.75, 3.05) is 12.9 Å². The smallest absolute Gasteiger partial charge is 0.433 e. The maximum Gasteiger partial charge on any atom is 0.433 e. The predicted molar refractivity (Wildman–Crippen MR) is 59.4 cm³/mol. The first-order valence-corrected chi connectivity index (χ1v) is 6.00. The summed E-state index contributed by atoms with van der Waals surface area (Å²) in [5, 5.41) is -0.420. The standard InChI is InChI=1S/C9H8ClF3N2O2S/c1-17-7(16)2-3-18-6-4-5(9(11,12)13)14-8(10)15-6/h4H,2-3H2,1H3. The molecule has 0 aliphatic carbocycles. The lowest BCUT2D eigenvalue weighted by atomic mass is 10.4. The van der Waals surface area contributed by atoms with Crippen molar-refractivity contribution in [3.05, 3.63) is 17.0 Å². The number of hydrogen-bond acceptors (Lipinski definition) is 5. The average molecular weight is 301 g/mol. The first kappa shape index (κ1) is 15.0. The summed E-state index contributed by atoms with van der Waals surface area (Å²) in [4.78, 5) is 17.5. The van der Waals surface area contributed by atoms with Crippen LogP contribution in [0.1, 0.15) is 12.1 Å². The van der Waals surface area contributed by atoms with Crippen molar-refractivity contribution in [1.82, 2.24) is 9.97 Å². The van der Waals surface area contributed by atoms with Gasteiger partial charge in [0.05, 0.1) is 13.5 Å². The van der Waals surface area contributed by atoms with Crippen LogP contribution in [0.3, 0.4) is 0 Å². The summed E-state index contributed by atoms with van der Waals surface area (Å²) in [6.07, 6.45) is -4.51. The average Bonchev–Trinajstić information content (AvgIpc) is 2.27. The normalized spacial score (nSPS) is 11.4. The van der Waals surface area contributed by atoms with E-state index in [0.717, 1.165) is 17.8 Å². The third kappa shape index (κ3) is 4.69. The Morgan fingerprint density at radius 3 is 2.72 bits per heavy atom. The molecule has 9 heteroatoms. The van der Waals surface area contributed by atoms with E-state index in [0.29, 0.717) is 0 Å². The number of nitrogens with zero attached hydrogens (tertiary/aromatic N) is 2. The molecule has 0 aromatic carbocycles. The second-order valence-electron chi connectivity index (χ2n) is 3.03. The summed E-state index contributed by atoms with van der Waals surface area (Å²) in [7, 11) is 1.23. The number of alkyl halides is 3. The maximum atomic E-state index is 12.4. The van der Waals surface area contributed by atoms with E-state index in [1.807, 2.05) is 0 Å². The van der Waals surface area contributed by atoms with E-state index in [1.165, 1.54) is 7.11 Å². The number of halogens is 4. The predicted octanol–water partition coefficient (Wildman–Crippen LogP) is 2.80. The number of aromatic nitrogens is 2. The highest BCUT2D eigenvalue weighted by Gasteiger charge is 2.33. The molecule has 0 saturated carbocycles. The van der Waals surface area contributed by atoms with Crippen LogP contribution in [-0.2, 0) is 15.7 Å². The Morgan fingerprint density at radius 2 is 2.17 bits per heavy atom. The highest BCUT2D eigenvalue weighted by Crippen LogP contribution is 2.30.